The molecule has 1 N–H and O–H groups in total. The van der Waals surface area contributed by atoms with Gasteiger partial charge in [0, 0.05) is 21.6 Å². The molecule has 2 aromatic rings. The maximum absolute atomic E-state index is 3.79. The van der Waals surface area contributed by atoms with Gasteiger partial charge in [0.15, 0.2) is 0 Å². The number of rotatable bonds is 6. The van der Waals surface area contributed by atoms with Gasteiger partial charge in [0.25, 0.3) is 0 Å². The van der Waals surface area contributed by atoms with E-state index in [2.05, 4.69) is 85.3 Å². The van der Waals surface area contributed by atoms with Crippen LogP contribution in [0.1, 0.15) is 40.5 Å². The largest absolute Gasteiger partial charge is 0.382 e. The van der Waals surface area contributed by atoms with E-state index in [1.54, 1.807) is 0 Å². The summed E-state index contributed by atoms with van der Waals surface area (Å²) in [5.41, 5.74) is 1.25. The Labute approximate surface area is 137 Å². The Hall–Kier alpha value is -1.02. The second kappa shape index (κ2) is 7.31. The van der Waals surface area contributed by atoms with Gasteiger partial charge in [-0.2, -0.15) is 0 Å². The third kappa shape index (κ3) is 4.47. The highest BCUT2D eigenvalue weighted by Gasteiger charge is 2.14. The zero-order valence-corrected chi connectivity index (χ0v) is 15.1. The molecule has 2 heteroatoms. The summed E-state index contributed by atoms with van der Waals surface area (Å²) in [6, 6.07) is 13.5. The minimum absolute atomic E-state index is 0.537. The Balaban J connectivity index is 2.30. The van der Waals surface area contributed by atoms with Gasteiger partial charge in [0.05, 0.1) is 0 Å². The molecule has 1 nitrogen and oxygen atoms in total. The fourth-order valence-electron chi connectivity index (χ4n) is 2.96. The molecule has 0 saturated heterocycles. The number of anilines is 1. The van der Waals surface area contributed by atoms with Crippen LogP contribution in [0.3, 0.4) is 0 Å². The van der Waals surface area contributed by atoms with Crippen LogP contribution in [0.25, 0.3) is 10.8 Å². The number of halogens is 1. The average molecular weight is 348 g/mol. The van der Waals surface area contributed by atoms with Crippen molar-refractivity contribution in [1.82, 2.24) is 0 Å². The summed E-state index contributed by atoms with van der Waals surface area (Å²) in [7, 11) is 0. The lowest BCUT2D eigenvalue weighted by molar-refractivity contribution is 0.442. The van der Waals surface area contributed by atoms with E-state index in [-0.39, 0.29) is 0 Å². The maximum atomic E-state index is 3.79. The number of fused-ring (bicyclic) bond motifs is 1. The molecule has 0 atom stereocenters. The molecule has 0 saturated carbocycles. The molecule has 0 radical (unpaired) electrons. The highest BCUT2D eigenvalue weighted by molar-refractivity contribution is 9.10. The maximum Gasteiger partial charge on any atom is 0.0422 e. The first-order valence-electron chi connectivity index (χ1n) is 7.91. The third-order valence-electron chi connectivity index (χ3n) is 3.74. The Morgan fingerprint density at radius 2 is 1.43 bits per heavy atom. The second-order valence-corrected chi connectivity index (χ2v) is 7.60. The van der Waals surface area contributed by atoms with E-state index in [9.17, 15) is 0 Å². The first kappa shape index (κ1) is 16.4. The van der Waals surface area contributed by atoms with E-state index >= 15 is 0 Å². The summed E-state index contributed by atoms with van der Waals surface area (Å²) in [5, 5.41) is 6.36. The molecule has 0 bridgehead atoms. The number of hydrogen-bond donors (Lipinski definition) is 1. The third-order valence-corrected chi connectivity index (χ3v) is 4.43. The molecule has 0 aromatic heterocycles. The first-order valence-corrected chi connectivity index (χ1v) is 8.70. The van der Waals surface area contributed by atoms with Crippen LogP contribution >= 0.6 is 15.9 Å². The van der Waals surface area contributed by atoms with Gasteiger partial charge < -0.3 is 5.32 Å². The number of benzene rings is 2. The van der Waals surface area contributed by atoms with Crippen LogP contribution in [0.15, 0.2) is 40.9 Å². The summed E-state index contributed by atoms with van der Waals surface area (Å²) in [4.78, 5) is 0. The lowest BCUT2D eigenvalue weighted by Crippen LogP contribution is -2.23. The molecule has 114 valence electrons. The van der Waals surface area contributed by atoms with Gasteiger partial charge in [-0.3, -0.25) is 0 Å². The highest BCUT2D eigenvalue weighted by atomic mass is 79.9. The standard InChI is InChI=1S/C19H26BrN/c1-13(2)11-15(12-14(3)4)21-19-10-9-18(20)16-7-5-6-8-17(16)19/h5-10,13-15,21H,11-12H2,1-4H3. The molecule has 0 heterocycles. The van der Waals surface area contributed by atoms with Crippen molar-refractivity contribution in [1.29, 1.82) is 0 Å². The normalized spacial score (nSPS) is 11.8. The molecule has 0 aliphatic rings. The van der Waals surface area contributed by atoms with E-state index in [4.69, 9.17) is 0 Å². The minimum atomic E-state index is 0.537. The fourth-order valence-corrected chi connectivity index (χ4v) is 3.44. The van der Waals surface area contributed by atoms with Gasteiger partial charge in [0.2, 0.25) is 0 Å². The summed E-state index contributed by atoms with van der Waals surface area (Å²) in [6.07, 6.45) is 2.42. The topological polar surface area (TPSA) is 12.0 Å². The predicted octanol–water partition coefficient (Wildman–Crippen LogP) is 6.48. The Morgan fingerprint density at radius 3 is 2.00 bits per heavy atom. The van der Waals surface area contributed by atoms with E-state index in [0.29, 0.717) is 17.9 Å². The van der Waals surface area contributed by atoms with Crippen molar-refractivity contribution in [3.8, 4) is 0 Å². The highest BCUT2D eigenvalue weighted by Crippen LogP contribution is 2.31. The lowest BCUT2D eigenvalue weighted by atomic mass is 9.95. The molecule has 0 spiro atoms. The van der Waals surface area contributed by atoms with Crippen LogP contribution in [0.5, 0.6) is 0 Å². The molecule has 0 aliphatic carbocycles. The van der Waals surface area contributed by atoms with Crippen molar-refractivity contribution in [3.05, 3.63) is 40.9 Å². The van der Waals surface area contributed by atoms with Gasteiger partial charge in [-0.25, -0.2) is 0 Å². The van der Waals surface area contributed by atoms with Crippen LogP contribution in [0.4, 0.5) is 5.69 Å². The monoisotopic (exact) mass is 347 g/mol. The molecular weight excluding hydrogens is 322 g/mol. The van der Waals surface area contributed by atoms with Gasteiger partial charge >= 0.3 is 0 Å². The van der Waals surface area contributed by atoms with E-state index in [0.717, 1.165) is 4.47 Å². The Kier molecular flexibility index (Phi) is 5.69. The van der Waals surface area contributed by atoms with Crippen molar-refractivity contribution in [2.75, 3.05) is 5.32 Å². The predicted molar refractivity (Wildman–Crippen MR) is 98.0 cm³/mol. The van der Waals surface area contributed by atoms with Crippen LogP contribution in [0.2, 0.25) is 0 Å². The van der Waals surface area contributed by atoms with Gasteiger partial charge in [-0.05, 0) is 42.2 Å². The molecule has 0 amide bonds. The zero-order valence-electron chi connectivity index (χ0n) is 13.5. The van der Waals surface area contributed by atoms with Crippen molar-refractivity contribution < 1.29 is 0 Å². The van der Waals surface area contributed by atoms with Crippen LogP contribution in [-0.2, 0) is 0 Å². The molecular formula is C19H26BrN. The number of hydrogen-bond acceptors (Lipinski definition) is 1. The molecule has 0 fully saturated rings. The smallest absolute Gasteiger partial charge is 0.0422 e. The van der Waals surface area contributed by atoms with Crippen LogP contribution in [-0.4, -0.2) is 6.04 Å². The Bertz CT molecular complexity index is 579. The van der Waals surface area contributed by atoms with Crippen molar-refractivity contribution in [2.24, 2.45) is 11.8 Å². The van der Waals surface area contributed by atoms with Crippen molar-refractivity contribution >= 4 is 32.4 Å². The summed E-state index contributed by atoms with van der Waals surface area (Å²) in [5.74, 6) is 1.42. The van der Waals surface area contributed by atoms with Crippen molar-refractivity contribution in [3.63, 3.8) is 0 Å². The average Bonchev–Trinajstić information content (AvgIpc) is 2.41. The molecule has 2 rings (SSSR count). The molecule has 21 heavy (non-hydrogen) atoms. The summed E-state index contributed by atoms with van der Waals surface area (Å²) >= 11 is 3.65. The fraction of sp³-hybridized carbons (Fsp3) is 0.474. The van der Waals surface area contributed by atoms with Crippen LogP contribution < -0.4 is 5.32 Å². The molecule has 0 unspecified atom stereocenters. The van der Waals surface area contributed by atoms with Gasteiger partial charge in [-0.15, -0.1) is 0 Å². The zero-order chi connectivity index (χ0) is 15.4. The van der Waals surface area contributed by atoms with Crippen molar-refractivity contribution in [2.45, 2.75) is 46.6 Å². The van der Waals surface area contributed by atoms with E-state index < -0.39 is 0 Å². The van der Waals surface area contributed by atoms with Gasteiger partial charge in [0.1, 0.15) is 0 Å². The van der Waals surface area contributed by atoms with E-state index in [1.165, 1.54) is 29.3 Å². The lowest BCUT2D eigenvalue weighted by Gasteiger charge is -2.24. The second-order valence-electron chi connectivity index (χ2n) is 6.74. The molecule has 2 aromatic carbocycles. The minimum Gasteiger partial charge on any atom is -0.382 e. The van der Waals surface area contributed by atoms with E-state index in [1.807, 2.05) is 0 Å². The number of nitrogens with one attached hydrogen (secondary N) is 1. The SMILES string of the molecule is CC(C)CC(CC(C)C)Nc1ccc(Br)c2ccccc12. The summed E-state index contributed by atoms with van der Waals surface area (Å²) in [6.45, 7) is 9.20. The van der Waals surface area contributed by atoms with Crippen LogP contribution in [0, 0.1) is 11.8 Å². The summed E-state index contributed by atoms with van der Waals surface area (Å²) < 4.78 is 1.16. The quantitative estimate of drug-likeness (QED) is 0.630. The molecule has 0 aliphatic heterocycles. The first-order chi connectivity index (χ1) is 9.97. The Morgan fingerprint density at radius 1 is 0.857 bits per heavy atom. The van der Waals surface area contributed by atoms with Gasteiger partial charge in [-0.1, -0.05) is 67.9 Å².